The molecular weight excluding hydrogens is 332 g/mol. The predicted molar refractivity (Wildman–Crippen MR) is 98.6 cm³/mol. The van der Waals surface area contributed by atoms with Gasteiger partial charge in [0.2, 0.25) is 0 Å². The summed E-state index contributed by atoms with van der Waals surface area (Å²) in [6.45, 7) is 4.02. The first-order chi connectivity index (χ1) is 12.3. The number of ether oxygens (including phenoxy) is 2. The molecular formula is C21H24O5. The second-order valence-electron chi connectivity index (χ2n) is 7.27. The van der Waals surface area contributed by atoms with Gasteiger partial charge in [-0.25, -0.2) is 0 Å². The lowest BCUT2D eigenvalue weighted by atomic mass is 9.77. The summed E-state index contributed by atoms with van der Waals surface area (Å²) in [5.74, 6) is -0.0943. The summed E-state index contributed by atoms with van der Waals surface area (Å²) in [4.78, 5) is 13.0. The minimum atomic E-state index is -0.334. The molecule has 0 spiro atoms. The van der Waals surface area contributed by atoms with Crippen LogP contribution in [-0.4, -0.2) is 34.8 Å². The van der Waals surface area contributed by atoms with E-state index in [-0.39, 0.29) is 40.5 Å². The Morgan fingerprint density at radius 3 is 2.65 bits per heavy atom. The number of rotatable bonds is 3. The number of methoxy groups -OCH3 is 1. The van der Waals surface area contributed by atoms with Crippen molar-refractivity contribution in [2.24, 2.45) is 5.92 Å². The number of hydrogen-bond donors (Lipinski definition) is 2. The summed E-state index contributed by atoms with van der Waals surface area (Å²) < 4.78 is 11.4. The number of hydrogen-bond acceptors (Lipinski definition) is 5. The Balaban J connectivity index is 1.93. The lowest BCUT2D eigenvalue weighted by Crippen LogP contribution is -2.45. The zero-order chi connectivity index (χ0) is 18.9. The molecule has 1 fully saturated rings. The number of aliphatic hydroxyl groups is 1. The topological polar surface area (TPSA) is 76.0 Å². The van der Waals surface area contributed by atoms with Crippen molar-refractivity contribution in [3.63, 3.8) is 0 Å². The number of phenols is 1. The number of ketones is 1. The molecule has 0 radical (unpaired) electrons. The Hall–Kier alpha value is -2.53. The largest absolute Gasteiger partial charge is 0.508 e. The molecule has 0 bridgehead atoms. The van der Waals surface area contributed by atoms with Crippen LogP contribution in [0.15, 0.2) is 53.5 Å². The van der Waals surface area contributed by atoms with Crippen molar-refractivity contribution in [2.75, 3.05) is 7.11 Å². The molecule has 1 aromatic carbocycles. The van der Waals surface area contributed by atoms with Gasteiger partial charge in [-0.2, -0.15) is 0 Å². The zero-order valence-electron chi connectivity index (χ0n) is 15.2. The van der Waals surface area contributed by atoms with E-state index >= 15 is 0 Å². The monoisotopic (exact) mass is 356 g/mol. The average Bonchev–Trinajstić information content (AvgIpc) is 2.59. The number of carbonyl (C=O) groups excluding carboxylic acids is 1. The third-order valence-electron chi connectivity index (χ3n) is 4.86. The molecule has 2 unspecified atom stereocenters. The summed E-state index contributed by atoms with van der Waals surface area (Å²) in [6, 6.07) is 6.54. The van der Waals surface area contributed by atoms with Gasteiger partial charge < -0.3 is 19.7 Å². The summed E-state index contributed by atoms with van der Waals surface area (Å²) >= 11 is 0. The van der Waals surface area contributed by atoms with Crippen LogP contribution in [0.2, 0.25) is 0 Å². The van der Waals surface area contributed by atoms with Crippen LogP contribution < -0.4 is 0 Å². The minimum Gasteiger partial charge on any atom is -0.508 e. The molecule has 0 saturated carbocycles. The maximum atomic E-state index is 13.0. The van der Waals surface area contributed by atoms with Crippen molar-refractivity contribution in [2.45, 2.75) is 38.4 Å². The number of Topliss-reactive ketones (excluding diaryl/α,β-unsaturated/α-hetero) is 1. The van der Waals surface area contributed by atoms with Gasteiger partial charge in [0.25, 0.3) is 0 Å². The fourth-order valence-electron chi connectivity index (χ4n) is 3.41. The summed E-state index contributed by atoms with van der Waals surface area (Å²) in [7, 11) is 1.48. The van der Waals surface area contributed by atoms with Gasteiger partial charge in [0.1, 0.15) is 22.8 Å². The third kappa shape index (κ3) is 3.68. The summed E-state index contributed by atoms with van der Waals surface area (Å²) in [5.41, 5.74) is 0.701. The van der Waals surface area contributed by atoms with Gasteiger partial charge in [0.05, 0.1) is 24.7 Å². The van der Waals surface area contributed by atoms with Gasteiger partial charge in [-0.3, -0.25) is 4.79 Å². The van der Waals surface area contributed by atoms with Gasteiger partial charge >= 0.3 is 0 Å². The van der Waals surface area contributed by atoms with Gasteiger partial charge in [0, 0.05) is 0 Å². The van der Waals surface area contributed by atoms with E-state index in [1.165, 1.54) is 13.2 Å². The van der Waals surface area contributed by atoms with E-state index in [1.807, 2.05) is 13.8 Å². The zero-order valence-corrected chi connectivity index (χ0v) is 15.2. The maximum absolute atomic E-state index is 13.0. The molecule has 2 N–H and O–H groups in total. The molecule has 1 saturated heterocycles. The first kappa shape index (κ1) is 18.3. The number of aliphatic hydroxyl groups excluding tert-OH is 1. The molecule has 5 nitrogen and oxygen atoms in total. The highest BCUT2D eigenvalue weighted by Gasteiger charge is 2.44. The summed E-state index contributed by atoms with van der Waals surface area (Å²) in [6.07, 6.45) is 6.09. The van der Waals surface area contributed by atoms with Crippen molar-refractivity contribution in [3.8, 4) is 5.75 Å². The number of benzene rings is 1. The molecule has 3 rings (SSSR count). The molecule has 1 aromatic rings. The lowest BCUT2D eigenvalue weighted by Gasteiger charge is -2.41. The van der Waals surface area contributed by atoms with Crippen LogP contribution in [0, 0.1) is 5.92 Å². The SMILES string of the molecule is COC1=CC2OC(C)(C)CCC2C(=O)C1=C(O)/C=C/c1ccc(O)cc1. The summed E-state index contributed by atoms with van der Waals surface area (Å²) in [5, 5.41) is 19.8. The van der Waals surface area contributed by atoms with Crippen LogP contribution in [0.4, 0.5) is 0 Å². The van der Waals surface area contributed by atoms with E-state index in [9.17, 15) is 15.0 Å². The van der Waals surface area contributed by atoms with Crippen LogP contribution in [0.3, 0.4) is 0 Å². The molecule has 2 aliphatic rings. The Morgan fingerprint density at radius 2 is 2.00 bits per heavy atom. The van der Waals surface area contributed by atoms with Crippen molar-refractivity contribution in [3.05, 3.63) is 59.1 Å². The molecule has 0 aromatic heterocycles. The quantitative estimate of drug-likeness (QED) is 0.634. The van der Waals surface area contributed by atoms with Gasteiger partial charge in [-0.15, -0.1) is 0 Å². The molecule has 26 heavy (non-hydrogen) atoms. The van der Waals surface area contributed by atoms with Crippen LogP contribution in [0.25, 0.3) is 6.08 Å². The van der Waals surface area contributed by atoms with Gasteiger partial charge in [-0.1, -0.05) is 18.2 Å². The van der Waals surface area contributed by atoms with E-state index in [2.05, 4.69) is 0 Å². The molecule has 0 amide bonds. The maximum Gasteiger partial charge on any atom is 0.176 e. The van der Waals surface area contributed by atoms with Crippen molar-refractivity contribution < 1.29 is 24.5 Å². The Kier molecular flexibility index (Phi) is 4.92. The smallest absolute Gasteiger partial charge is 0.176 e. The van der Waals surface area contributed by atoms with Crippen molar-refractivity contribution >= 4 is 11.9 Å². The molecule has 5 heteroatoms. The van der Waals surface area contributed by atoms with E-state index in [0.717, 1.165) is 12.0 Å². The molecule has 1 aliphatic carbocycles. The van der Waals surface area contributed by atoms with E-state index < -0.39 is 0 Å². The molecule has 1 aliphatic heterocycles. The van der Waals surface area contributed by atoms with Gasteiger partial charge in [-0.05, 0) is 56.5 Å². The second-order valence-corrected chi connectivity index (χ2v) is 7.27. The number of fused-ring (bicyclic) bond motifs is 1. The van der Waals surface area contributed by atoms with Crippen LogP contribution in [0.1, 0.15) is 32.3 Å². The van der Waals surface area contributed by atoms with Gasteiger partial charge in [0.15, 0.2) is 5.78 Å². The highest BCUT2D eigenvalue weighted by molar-refractivity contribution is 6.03. The Bertz CT molecular complexity index is 783. The van der Waals surface area contributed by atoms with E-state index in [4.69, 9.17) is 9.47 Å². The molecule has 1 heterocycles. The second kappa shape index (κ2) is 7.00. The predicted octanol–water partition coefficient (Wildman–Crippen LogP) is 3.90. The Morgan fingerprint density at radius 1 is 1.31 bits per heavy atom. The molecule has 138 valence electrons. The minimum absolute atomic E-state index is 0.139. The van der Waals surface area contributed by atoms with Crippen molar-refractivity contribution in [1.82, 2.24) is 0 Å². The number of allylic oxidation sites excluding steroid dienone is 2. The van der Waals surface area contributed by atoms with Crippen LogP contribution in [-0.2, 0) is 14.3 Å². The van der Waals surface area contributed by atoms with Crippen molar-refractivity contribution in [1.29, 1.82) is 0 Å². The number of aromatic hydroxyl groups is 1. The Labute approximate surface area is 153 Å². The number of phenolic OH excluding ortho intramolecular Hbond substituents is 1. The van der Waals surface area contributed by atoms with E-state index in [0.29, 0.717) is 12.2 Å². The fraction of sp³-hybridized carbons (Fsp3) is 0.381. The highest BCUT2D eigenvalue weighted by atomic mass is 16.5. The third-order valence-corrected chi connectivity index (χ3v) is 4.86. The van der Waals surface area contributed by atoms with E-state index in [1.54, 1.807) is 36.4 Å². The fourth-order valence-corrected chi connectivity index (χ4v) is 3.41. The van der Waals surface area contributed by atoms with Crippen LogP contribution in [0.5, 0.6) is 5.75 Å². The lowest BCUT2D eigenvalue weighted by molar-refractivity contribution is -0.143. The first-order valence-electron chi connectivity index (χ1n) is 8.69. The molecule has 2 atom stereocenters. The standard InChI is InChI=1S/C21H24O5/c1-21(2)11-10-15-17(26-21)12-18(25-3)19(20(15)24)16(23)9-6-13-4-7-14(22)8-5-13/h4-9,12,15,17,22-23H,10-11H2,1-3H3/b9-6+,19-16?. The highest BCUT2D eigenvalue weighted by Crippen LogP contribution is 2.40. The number of carbonyl (C=O) groups is 1. The normalized spacial score (nSPS) is 27.0. The average molecular weight is 356 g/mol. The first-order valence-corrected chi connectivity index (χ1v) is 8.69. The van der Waals surface area contributed by atoms with Crippen LogP contribution >= 0.6 is 0 Å².